The van der Waals surface area contributed by atoms with Crippen LogP contribution in [0, 0.1) is 0 Å². The molecule has 194 valence electrons. The lowest BCUT2D eigenvalue weighted by atomic mass is 10.0. The lowest BCUT2D eigenvalue weighted by Crippen LogP contribution is -2.26. The summed E-state index contributed by atoms with van der Waals surface area (Å²) in [4.78, 5) is 24.5. The number of amides is 1. The molecule has 0 aromatic heterocycles. The Kier molecular flexibility index (Phi) is 12.0. The second-order valence-electron chi connectivity index (χ2n) is 7.52. The van der Waals surface area contributed by atoms with Gasteiger partial charge < -0.3 is 28.8 Å². The molecule has 2 atom stereocenters. The first kappa shape index (κ1) is 28.4. The van der Waals surface area contributed by atoms with E-state index in [0.29, 0.717) is 28.3 Å². The highest BCUT2D eigenvalue weighted by atomic mass is 16.6. The SMILES string of the molecule is CCOC(=O)/C=C(C)/C=C/[C@@H](OC)[C@H](OC(=O)Nc1ccc(OC)cc1)c1ccc(OCCO)cc1. The molecule has 9 heteroatoms. The van der Waals surface area contributed by atoms with Crippen molar-refractivity contribution in [2.24, 2.45) is 0 Å². The summed E-state index contributed by atoms with van der Waals surface area (Å²) in [7, 11) is 3.05. The van der Waals surface area contributed by atoms with E-state index in [2.05, 4.69) is 5.32 Å². The molecule has 0 fully saturated rings. The van der Waals surface area contributed by atoms with Crippen LogP contribution in [0.25, 0.3) is 0 Å². The van der Waals surface area contributed by atoms with Gasteiger partial charge >= 0.3 is 12.1 Å². The largest absolute Gasteiger partial charge is 0.497 e. The lowest BCUT2D eigenvalue weighted by molar-refractivity contribution is -0.137. The number of ether oxygens (including phenoxy) is 5. The summed E-state index contributed by atoms with van der Waals surface area (Å²) in [5, 5.41) is 11.7. The van der Waals surface area contributed by atoms with E-state index in [1.807, 2.05) is 0 Å². The monoisotopic (exact) mass is 499 g/mol. The average molecular weight is 500 g/mol. The van der Waals surface area contributed by atoms with E-state index in [9.17, 15) is 9.59 Å². The van der Waals surface area contributed by atoms with Crippen molar-refractivity contribution in [3.8, 4) is 11.5 Å². The van der Waals surface area contributed by atoms with E-state index in [-0.39, 0.29) is 19.8 Å². The normalized spacial score (nSPS) is 13.1. The maximum Gasteiger partial charge on any atom is 0.412 e. The van der Waals surface area contributed by atoms with Gasteiger partial charge in [0, 0.05) is 18.9 Å². The maximum absolute atomic E-state index is 12.8. The Bertz CT molecular complexity index is 1020. The number of benzene rings is 2. The van der Waals surface area contributed by atoms with Crippen LogP contribution in [0.15, 0.2) is 72.3 Å². The smallest absolute Gasteiger partial charge is 0.412 e. The van der Waals surface area contributed by atoms with E-state index in [4.69, 9.17) is 28.8 Å². The topological polar surface area (TPSA) is 113 Å². The van der Waals surface area contributed by atoms with Crippen LogP contribution in [0.5, 0.6) is 11.5 Å². The fraction of sp³-hybridized carbons (Fsp3) is 0.333. The van der Waals surface area contributed by atoms with E-state index >= 15 is 0 Å². The first-order chi connectivity index (χ1) is 17.4. The average Bonchev–Trinajstić information content (AvgIpc) is 2.88. The molecule has 0 aliphatic rings. The zero-order valence-corrected chi connectivity index (χ0v) is 20.9. The number of carbonyl (C=O) groups is 2. The first-order valence-electron chi connectivity index (χ1n) is 11.4. The van der Waals surface area contributed by atoms with E-state index in [1.165, 1.54) is 13.2 Å². The summed E-state index contributed by atoms with van der Waals surface area (Å²) in [6.45, 7) is 3.83. The number of hydrogen-bond acceptors (Lipinski definition) is 8. The minimum Gasteiger partial charge on any atom is -0.497 e. The van der Waals surface area contributed by atoms with Crippen molar-refractivity contribution in [3.63, 3.8) is 0 Å². The molecule has 0 spiro atoms. The highest BCUT2D eigenvalue weighted by molar-refractivity contribution is 5.85. The predicted octanol–water partition coefficient (Wildman–Crippen LogP) is 4.44. The van der Waals surface area contributed by atoms with Crippen molar-refractivity contribution in [3.05, 3.63) is 77.9 Å². The third-order valence-corrected chi connectivity index (χ3v) is 4.89. The van der Waals surface area contributed by atoms with E-state index in [0.717, 1.165) is 0 Å². The number of rotatable bonds is 13. The molecule has 2 N–H and O–H groups in total. The van der Waals surface area contributed by atoms with Gasteiger partial charge in [0.25, 0.3) is 0 Å². The van der Waals surface area contributed by atoms with Gasteiger partial charge in [-0.25, -0.2) is 9.59 Å². The fourth-order valence-corrected chi connectivity index (χ4v) is 3.15. The van der Waals surface area contributed by atoms with Crippen molar-refractivity contribution in [2.75, 3.05) is 39.4 Å². The minimum absolute atomic E-state index is 0.103. The molecule has 2 rings (SSSR count). The Hall–Kier alpha value is -3.82. The molecule has 1 amide bonds. The van der Waals surface area contributed by atoms with Gasteiger partial charge in [0.05, 0.1) is 20.3 Å². The molecule has 2 aromatic rings. The summed E-state index contributed by atoms with van der Waals surface area (Å²) in [6.07, 6.45) is 2.58. The number of aliphatic hydroxyl groups excluding tert-OH is 1. The van der Waals surface area contributed by atoms with Crippen LogP contribution < -0.4 is 14.8 Å². The maximum atomic E-state index is 12.8. The van der Waals surface area contributed by atoms with E-state index in [1.54, 1.807) is 81.6 Å². The van der Waals surface area contributed by atoms with Crippen molar-refractivity contribution >= 4 is 17.7 Å². The van der Waals surface area contributed by atoms with Crippen molar-refractivity contribution in [1.82, 2.24) is 0 Å². The lowest BCUT2D eigenvalue weighted by Gasteiger charge is -2.25. The van der Waals surface area contributed by atoms with Crippen LogP contribution in [0.2, 0.25) is 0 Å². The van der Waals surface area contributed by atoms with Gasteiger partial charge in [-0.1, -0.05) is 24.3 Å². The number of methoxy groups -OCH3 is 2. The summed E-state index contributed by atoms with van der Waals surface area (Å²) < 4.78 is 26.9. The number of esters is 1. The number of carbonyl (C=O) groups excluding carboxylic acids is 2. The fourth-order valence-electron chi connectivity index (χ4n) is 3.15. The van der Waals surface area contributed by atoms with Crippen molar-refractivity contribution in [1.29, 1.82) is 0 Å². The number of aliphatic hydroxyl groups is 1. The van der Waals surface area contributed by atoms with Gasteiger partial charge in [-0.15, -0.1) is 0 Å². The molecule has 0 aliphatic carbocycles. The Labute approximate surface area is 211 Å². The molecule has 2 aromatic carbocycles. The number of allylic oxidation sites excluding steroid dienone is 2. The Morgan fingerprint density at radius 2 is 1.69 bits per heavy atom. The van der Waals surface area contributed by atoms with Crippen LogP contribution in [-0.2, 0) is 19.0 Å². The molecule has 0 saturated carbocycles. The summed E-state index contributed by atoms with van der Waals surface area (Å²) in [6, 6.07) is 13.8. The third-order valence-electron chi connectivity index (χ3n) is 4.89. The predicted molar refractivity (Wildman–Crippen MR) is 135 cm³/mol. The first-order valence-corrected chi connectivity index (χ1v) is 11.4. The molecule has 9 nitrogen and oxygen atoms in total. The van der Waals surface area contributed by atoms with Gasteiger partial charge in [-0.3, -0.25) is 5.32 Å². The highest BCUT2D eigenvalue weighted by Gasteiger charge is 2.26. The summed E-state index contributed by atoms with van der Waals surface area (Å²) in [5.41, 5.74) is 1.83. The quantitative estimate of drug-likeness (QED) is 0.236. The zero-order valence-electron chi connectivity index (χ0n) is 20.9. The summed E-state index contributed by atoms with van der Waals surface area (Å²) >= 11 is 0. The Morgan fingerprint density at radius 3 is 2.28 bits per heavy atom. The second-order valence-corrected chi connectivity index (χ2v) is 7.52. The molecule has 0 unspecified atom stereocenters. The molecule has 0 aliphatic heterocycles. The Morgan fingerprint density at radius 1 is 1.03 bits per heavy atom. The van der Waals surface area contributed by atoms with Gasteiger partial charge in [-0.2, -0.15) is 0 Å². The standard InChI is InChI=1S/C27H33NO8/c1-5-34-25(30)18-19(2)6-15-24(33-4)26(20-7-11-23(12-8-20)35-17-16-29)36-27(31)28-21-9-13-22(32-3)14-10-21/h6-15,18,24,26,29H,5,16-17H2,1-4H3,(H,28,31)/b15-6+,19-18+/t24-,26-/m1/s1. The molecular weight excluding hydrogens is 466 g/mol. The molecular formula is C27H33NO8. The van der Waals surface area contributed by atoms with Gasteiger partial charge in [0.2, 0.25) is 0 Å². The molecule has 36 heavy (non-hydrogen) atoms. The van der Waals surface area contributed by atoms with Crippen LogP contribution in [-0.4, -0.2) is 57.3 Å². The van der Waals surface area contributed by atoms with Crippen LogP contribution in [0.1, 0.15) is 25.5 Å². The molecule has 0 radical (unpaired) electrons. The third kappa shape index (κ3) is 9.44. The molecule has 0 saturated heterocycles. The minimum atomic E-state index is -0.827. The van der Waals surface area contributed by atoms with Gasteiger partial charge in [-0.05, 0) is 61.4 Å². The van der Waals surface area contributed by atoms with Gasteiger partial charge in [0.15, 0.2) is 6.10 Å². The zero-order chi connectivity index (χ0) is 26.3. The summed E-state index contributed by atoms with van der Waals surface area (Å²) in [5.74, 6) is 0.775. The number of nitrogens with one attached hydrogen (secondary N) is 1. The van der Waals surface area contributed by atoms with E-state index < -0.39 is 24.3 Å². The van der Waals surface area contributed by atoms with Crippen molar-refractivity contribution in [2.45, 2.75) is 26.1 Å². The van der Waals surface area contributed by atoms with Crippen LogP contribution >= 0.6 is 0 Å². The number of anilines is 1. The highest BCUT2D eigenvalue weighted by Crippen LogP contribution is 2.28. The van der Waals surface area contributed by atoms with Crippen molar-refractivity contribution < 1.29 is 38.4 Å². The Balaban J connectivity index is 2.25. The molecule has 0 heterocycles. The number of hydrogen-bond donors (Lipinski definition) is 2. The van der Waals surface area contributed by atoms with Gasteiger partial charge in [0.1, 0.15) is 24.2 Å². The van der Waals surface area contributed by atoms with Crippen LogP contribution in [0.4, 0.5) is 10.5 Å². The second kappa shape index (κ2) is 15.2. The molecule has 0 bridgehead atoms. The van der Waals surface area contributed by atoms with Crippen LogP contribution in [0.3, 0.4) is 0 Å².